The highest BCUT2D eigenvalue weighted by Crippen LogP contribution is 2.19. The van der Waals surface area contributed by atoms with Gasteiger partial charge in [0.05, 0.1) is 12.6 Å². The van der Waals surface area contributed by atoms with Crippen molar-refractivity contribution in [1.29, 1.82) is 0 Å². The van der Waals surface area contributed by atoms with E-state index in [4.69, 9.17) is 15.9 Å². The molecule has 1 heterocycles. The molecule has 0 aromatic rings. The number of thioether (sulfide) groups is 1. The summed E-state index contributed by atoms with van der Waals surface area (Å²) in [5.41, 5.74) is 5.91. The number of nitrogens with one attached hydrogen (secondary N) is 2. The Balaban J connectivity index is 2.65. The van der Waals surface area contributed by atoms with E-state index < -0.39 is 48.6 Å². The van der Waals surface area contributed by atoms with Crippen molar-refractivity contribution in [3.8, 4) is 0 Å². The van der Waals surface area contributed by atoms with Crippen molar-refractivity contribution in [2.75, 3.05) is 25.2 Å². The first-order valence-corrected chi connectivity index (χ1v) is 10.1. The van der Waals surface area contributed by atoms with Crippen LogP contribution in [0.1, 0.15) is 26.2 Å². The molecule has 4 unspecified atom stereocenters. The first-order valence-electron chi connectivity index (χ1n) is 8.72. The van der Waals surface area contributed by atoms with E-state index in [-0.39, 0.29) is 5.91 Å². The maximum Gasteiger partial charge on any atom is 0.328 e. The van der Waals surface area contributed by atoms with E-state index in [1.807, 2.05) is 6.26 Å². The van der Waals surface area contributed by atoms with Gasteiger partial charge >= 0.3 is 5.97 Å². The van der Waals surface area contributed by atoms with Crippen LogP contribution in [0.5, 0.6) is 0 Å². The molecule has 4 atom stereocenters. The lowest BCUT2D eigenvalue weighted by molar-refractivity contribution is -0.143. The topological polar surface area (TPSA) is 162 Å². The zero-order valence-corrected chi connectivity index (χ0v) is 16.3. The fourth-order valence-corrected chi connectivity index (χ4v) is 3.23. The number of amides is 3. The third-order valence-electron chi connectivity index (χ3n) is 4.34. The predicted octanol–water partition coefficient (Wildman–Crippen LogP) is -1.88. The summed E-state index contributed by atoms with van der Waals surface area (Å²) >= 11 is 1.58. The molecule has 0 saturated carbocycles. The summed E-state index contributed by atoms with van der Waals surface area (Å²) in [5.74, 6) is -2.15. The number of aliphatic carboxylic acids is 1. The van der Waals surface area contributed by atoms with Crippen LogP contribution in [-0.2, 0) is 19.2 Å². The van der Waals surface area contributed by atoms with Crippen LogP contribution in [0, 0.1) is 0 Å². The molecular weight excluding hydrogens is 376 g/mol. The minimum atomic E-state index is -1.45. The average molecular weight is 404 g/mol. The van der Waals surface area contributed by atoms with Gasteiger partial charge in [-0.05, 0) is 38.2 Å². The van der Waals surface area contributed by atoms with Crippen LogP contribution in [0.3, 0.4) is 0 Å². The van der Waals surface area contributed by atoms with E-state index in [2.05, 4.69) is 10.6 Å². The van der Waals surface area contributed by atoms with Crippen molar-refractivity contribution < 1.29 is 29.4 Å². The van der Waals surface area contributed by atoms with E-state index in [1.165, 1.54) is 11.8 Å². The lowest BCUT2D eigenvalue weighted by Crippen LogP contribution is -2.56. The lowest BCUT2D eigenvalue weighted by atomic mass is 10.1. The van der Waals surface area contributed by atoms with Crippen molar-refractivity contribution in [3.05, 3.63) is 0 Å². The summed E-state index contributed by atoms with van der Waals surface area (Å²) < 4.78 is 0. The van der Waals surface area contributed by atoms with Gasteiger partial charge in [-0.1, -0.05) is 0 Å². The number of likely N-dealkylation sites (tertiary alicyclic amines) is 1. The van der Waals surface area contributed by atoms with Gasteiger partial charge in [0, 0.05) is 6.54 Å². The lowest BCUT2D eigenvalue weighted by Gasteiger charge is -2.27. The van der Waals surface area contributed by atoms with Crippen LogP contribution in [0.15, 0.2) is 0 Å². The molecular formula is C16H28N4O6S. The number of hydrogen-bond acceptors (Lipinski definition) is 7. The average Bonchev–Trinajstić information content (AvgIpc) is 3.12. The molecule has 10 nitrogen and oxygen atoms in total. The molecule has 27 heavy (non-hydrogen) atoms. The van der Waals surface area contributed by atoms with Gasteiger partial charge in [-0.25, -0.2) is 4.79 Å². The van der Waals surface area contributed by atoms with Gasteiger partial charge in [0.2, 0.25) is 17.7 Å². The van der Waals surface area contributed by atoms with E-state index >= 15 is 0 Å². The second-order valence-electron chi connectivity index (χ2n) is 6.39. The number of carbonyl (C=O) groups is 4. The molecule has 1 aliphatic rings. The number of carbonyl (C=O) groups excluding carboxylic acids is 3. The van der Waals surface area contributed by atoms with Gasteiger partial charge < -0.3 is 31.5 Å². The molecule has 1 fully saturated rings. The molecule has 3 amide bonds. The van der Waals surface area contributed by atoms with Crippen LogP contribution in [0.25, 0.3) is 0 Å². The quantitative estimate of drug-likeness (QED) is 0.283. The number of aliphatic hydroxyl groups excluding tert-OH is 1. The third kappa shape index (κ3) is 6.67. The fraction of sp³-hybridized carbons (Fsp3) is 0.750. The van der Waals surface area contributed by atoms with E-state index in [9.17, 15) is 19.2 Å². The van der Waals surface area contributed by atoms with Crippen LogP contribution in [0.4, 0.5) is 0 Å². The van der Waals surface area contributed by atoms with Crippen molar-refractivity contribution >= 4 is 35.5 Å². The van der Waals surface area contributed by atoms with Gasteiger partial charge in [-0.2, -0.15) is 11.8 Å². The molecule has 154 valence electrons. The molecule has 1 saturated heterocycles. The predicted molar refractivity (Wildman–Crippen MR) is 100.0 cm³/mol. The highest BCUT2D eigenvalue weighted by atomic mass is 32.2. The molecule has 1 aliphatic heterocycles. The smallest absolute Gasteiger partial charge is 0.328 e. The first-order chi connectivity index (χ1) is 12.7. The number of nitrogens with two attached hydrogens (primary N) is 1. The van der Waals surface area contributed by atoms with Crippen LogP contribution < -0.4 is 16.4 Å². The molecule has 1 rings (SSSR count). The Morgan fingerprint density at radius 3 is 2.52 bits per heavy atom. The SMILES string of the molecule is CSCCC(N)C(=O)N1CCCC1C(=O)NC(C)C(=O)NC(CO)C(=O)O. The highest BCUT2D eigenvalue weighted by molar-refractivity contribution is 7.98. The van der Waals surface area contributed by atoms with E-state index in [0.29, 0.717) is 25.8 Å². The second kappa shape index (κ2) is 11.1. The number of aliphatic hydroxyl groups is 1. The summed E-state index contributed by atoms with van der Waals surface area (Å²) in [4.78, 5) is 49.3. The van der Waals surface area contributed by atoms with Crippen LogP contribution >= 0.6 is 11.8 Å². The van der Waals surface area contributed by atoms with Crippen molar-refractivity contribution in [1.82, 2.24) is 15.5 Å². The van der Waals surface area contributed by atoms with Crippen molar-refractivity contribution in [2.45, 2.75) is 50.4 Å². The molecule has 0 bridgehead atoms. The summed E-state index contributed by atoms with van der Waals surface area (Å²) in [5, 5.41) is 22.4. The Hall–Kier alpha value is -1.85. The Kier molecular flexibility index (Phi) is 9.53. The molecule has 0 aliphatic carbocycles. The van der Waals surface area contributed by atoms with Crippen LogP contribution in [0.2, 0.25) is 0 Å². The Morgan fingerprint density at radius 2 is 1.96 bits per heavy atom. The number of carboxylic acid groups (broad SMARTS) is 1. The monoisotopic (exact) mass is 404 g/mol. The van der Waals surface area contributed by atoms with Gasteiger partial charge in [0.25, 0.3) is 0 Å². The maximum atomic E-state index is 12.5. The van der Waals surface area contributed by atoms with E-state index in [0.717, 1.165) is 5.75 Å². The Morgan fingerprint density at radius 1 is 1.30 bits per heavy atom. The number of rotatable bonds is 10. The van der Waals surface area contributed by atoms with Crippen LogP contribution in [-0.4, -0.2) is 88.1 Å². The standard InChI is InChI=1S/C16H28N4O6S/c1-9(13(22)19-11(8-21)16(25)26)18-14(23)12-4-3-6-20(12)15(24)10(17)5-7-27-2/h9-12,21H,3-8,17H2,1-2H3,(H,18,23)(H,19,22)(H,25,26). The van der Waals surface area contributed by atoms with Gasteiger partial charge in [0.1, 0.15) is 18.1 Å². The maximum absolute atomic E-state index is 12.5. The number of nitrogens with zero attached hydrogens (tertiary/aromatic N) is 1. The molecule has 0 radical (unpaired) electrons. The molecule has 6 N–H and O–H groups in total. The molecule has 0 aromatic carbocycles. The number of carboxylic acids is 1. The minimum absolute atomic E-state index is 0.287. The number of hydrogen-bond donors (Lipinski definition) is 5. The normalized spacial score (nSPS) is 19.9. The zero-order valence-electron chi connectivity index (χ0n) is 15.5. The van der Waals surface area contributed by atoms with Crippen molar-refractivity contribution in [2.24, 2.45) is 5.73 Å². The second-order valence-corrected chi connectivity index (χ2v) is 7.38. The van der Waals surface area contributed by atoms with Gasteiger partial charge in [-0.15, -0.1) is 0 Å². The first kappa shape index (κ1) is 23.2. The zero-order chi connectivity index (χ0) is 20.6. The van der Waals surface area contributed by atoms with Gasteiger partial charge in [-0.3, -0.25) is 14.4 Å². The third-order valence-corrected chi connectivity index (χ3v) is 4.98. The Labute approximate surface area is 162 Å². The minimum Gasteiger partial charge on any atom is -0.480 e. The largest absolute Gasteiger partial charge is 0.480 e. The summed E-state index contributed by atoms with van der Waals surface area (Å²) in [6.45, 7) is 1.06. The summed E-state index contributed by atoms with van der Waals surface area (Å²) in [6.07, 6.45) is 3.56. The van der Waals surface area contributed by atoms with Gasteiger partial charge in [0.15, 0.2) is 0 Å². The van der Waals surface area contributed by atoms with E-state index in [1.54, 1.807) is 11.8 Å². The molecule has 11 heteroatoms. The Bertz CT molecular complexity index is 561. The fourth-order valence-electron chi connectivity index (χ4n) is 2.74. The van der Waals surface area contributed by atoms with Crippen molar-refractivity contribution in [3.63, 3.8) is 0 Å². The highest BCUT2D eigenvalue weighted by Gasteiger charge is 2.37. The summed E-state index contributed by atoms with van der Waals surface area (Å²) in [6, 6.07) is -3.85. The molecule has 0 spiro atoms. The molecule has 0 aromatic heterocycles. The summed E-state index contributed by atoms with van der Waals surface area (Å²) in [7, 11) is 0.